The summed E-state index contributed by atoms with van der Waals surface area (Å²) in [6, 6.07) is 11.5. The van der Waals surface area contributed by atoms with Crippen molar-refractivity contribution in [2.45, 2.75) is 19.8 Å². The number of imide groups is 1. The molecule has 1 aromatic carbocycles. The Morgan fingerprint density at radius 3 is 2.50 bits per heavy atom. The summed E-state index contributed by atoms with van der Waals surface area (Å²) in [5.41, 5.74) is 3.08. The Bertz CT molecular complexity index is 805. The Hall–Kier alpha value is -2.31. The minimum atomic E-state index is -0.350. The van der Waals surface area contributed by atoms with E-state index < -0.39 is 0 Å². The maximum atomic E-state index is 11.5. The minimum Gasteiger partial charge on any atom is -0.493 e. The van der Waals surface area contributed by atoms with Gasteiger partial charge in [-0.1, -0.05) is 25.1 Å². The van der Waals surface area contributed by atoms with E-state index >= 15 is 0 Å². The molecule has 0 saturated carbocycles. The van der Waals surface area contributed by atoms with Crippen molar-refractivity contribution in [3.8, 4) is 5.75 Å². The number of hydrogen-bond acceptors (Lipinski definition) is 5. The Morgan fingerprint density at radius 2 is 1.92 bits per heavy atom. The summed E-state index contributed by atoms with van der Waals surface area (Å²) in [5.74, 6) is 0.406. The molecule has 136 valence electrons. The van der Waals surface area contributed by atoms with Crippen molar-refractivity contribution in [3.05, 3.63) is 64.3 Å². The summed E-state index contributed by atoms with van der Waals surface area (Å²) in [5, 5.41) is 1.90. The van der Waals surface area contributed by atoms with Crippen molar-refractivity contribution < 1.29 is 14.3 Å². The third-order valence-corrected chi connectivity index (χ3v) is 4.55. The number of rotatable bonds is 6. The van der Waals surface area contributed by atoms with Crippen LogP contribution in [0.25, 0.3) is 6.08 Å². The van der Waals surface area contributed by atoms with Crippen LogP contribution in [0.15, 0.2) is 47.5 Å². The van der Waals surface area contributed by atoms with E-state index in [4.69, 9.17) is 4.74 Å². The first-order chi connectivity index (χ1) is 12.1. The van der Waals surface area contributed by atoms with Gasteiger partial charge >= 0.3 is 0 Å². The molecule has 0 radical (unpaired) electrons. The molecule has 1 aromatic heterocycles. The van der Waals surface area contributed by atoms with Crippen molar-refractivity contribution in [3.63, 3.8) is 0 Å². The van der Waals surface area contributed by atoms with Crippen LogP contribution in [0.4, 0.5) is 4.79 Å². The molecule has 0 bridgehead atoms. The molecule has 2 amide bonds. The second-order valence-electron chi connectivity index (χ2n) is 5.53. The van der Waals surface area contributed by atoms with Gasteiger partial charge in [-0.05, 0) is 53.6 Å². The fourth-order valence-corrected chi connectivity index (χ4v) is 3.00. The molecular weight excluding hydrogens is 372 g/mol. The Labute approximate surface area is 162 Å². The number of benzene rings is 1. The Balaban J connectivity index is 0.00000243. The first-order valence-electron chi connectivity index (χ1n) is 8.05. The molecule has 1 saturated heterocycles. The topological polar surface area (TPSA) is 68.3 Å². The molecule has 7 heteroatoms. The van der Waals surface area contributed by atoms with Crippen molar-refractivity contribution in [1.29, 1.82) is 0 Å². The average Bonchev–Trinajstić information content (AvgIpc) is 2.94. The summed E-state index contributed by atoms with van der Waals surface area (Å²) in [6.07, 6.45) is 5.32. The lowest BCUT2D eigenvalue weighted by Crippen LogP contribution is -2.17. The van der Waals surface area contributed by atoms with Crippen LogP contribution in [0.1, 0.15) is 23.7 Å². The molecule has 1 aliphatic heterocycles. The number of nitrogens with zero attached hydrogens (tertiary/aromatic N) is 1. The van der Waals surface area contributed by atoms with Gasteiger partial charge in [-0.15, -0.1) is 12.4 Å². The Kier molecular flexibility index (Phi) is 7.24. The van der Waals surface area contributed by atoms with Gasteiger partial charge in [-0.2, -0.15) is 0 Å². The molecule has 2 aromatic rings. The van der Waals surface area contributed by atoms with Gasteiger partial charge in [0.25, 0.3) is 11.1 Å². The molecule has 0 spiro atoms. The van der Waals surface area contributed by atoms with Gasteiger partial charge in [0, 0.05) is 18.3 Å². The van der Waals surface area contributed by atoms with Crippen LogP contribution in [-0.2, 0) is 17.6 Å². The zero-order valence-electron chi connectivity index (χ0n) is 14.2. The molecular formula is C19H19ClN2O3S. The monoisotopic (exact) mass is 390 g/mol. The molecule has 5 nitrogen and oxygen atoms in total. The number of carbonyl (C=O) groups excluding carboxylic acids is 2. The fourth-order valence-electron chi connectivity index (χ4n) is 2.32. The molecule has 2 heterocycles. The summed E-state index contributed by atoms with van der Waals surface area (Å²) in [4.78, 5) is 27.5. The van der Waals surface area contributed by atoms with E-state index in [0.717, 1.165) is 41.6 Å². The maximum Gasteiger partial charge on any atom is 0.290 e. The average molecular weight is 391 g/mol. The number of pyridine rings is 1. The van der Waals surface area contributed by atoms with Gasteiger partial charge in [-0.25, -0.2) is 0 Å². The van der Waals surface area contributed by atoms with Crippen molar-refractivity contribution in [1.82, 2.24) is 10.3 Å². The van der Waals surface area contributed by atoms with Crippen LogP contribution in [-0.4, -0.2) is 22.7 Å². The predicted molar refractivity (Wildman–Crippen MR) is 106 cm³/mol. The Morgan fingerprint density at radius 1 is 1.15 bits per heavy atom. The summed E-state index contributed by atoms with van der Waals surface area (Å²) in [7, 11) is 0. The molecule has 0 aliphatic carbocycles. The van der Waals surface area contributed by atoms with Gasteiger partial charge in [0.2, 0.25) is 0 Å². The first-order valence-corrected chi connectivity index (χ1v) is 8.87. The summed E-state index contributed by atoms with van der Waals surface area (Å²) in [6.45, 7) is 2.65. The van der Waals surface area contributed by atoms with E-state index in [2.05, 4.69) is 23.3 Å². The lowest BCUT2D eigenvalue weighted by molar-refractivity contribution is -0.115. The summed E-state index contributed by atoms with van der Waals surface area (Å²) >= 11 is 0.910. The van der Waals surface area contributed by atoms with E-state index in [-0.39, 0.29) is 23.6 Å². The quantitative estimate of drug-likeness (QED) is 0.754. The number of aromatic nitrogens is 1. The molecule has 3 rings (SSSR count). The second kappa shape index (κ2) is 9.40. The lowest BCUT2D eigenvalue weighted by atomic mass is 10.2. The van der Waals surface area contributed by atoms with Crippen molar-refractivity contribution in [2.75, 3.05) is 6.61 Å². The van der Waals surface area contributed by atoms with E-state index in [0.29, 0.717) is 11.5 Å². The largest absolute Gasteiger partial charge is 0.493 e. The van der Waals surface area contributed by atoms with E-state index in [9.17, 15) is 9.59 Å². The predicted octanol–water partition coefficient (Wildman–Crippen LogP) is 4.01. The molecule has 1 N–H and O–H groups in total. The van der Waals surface area contributed by atoms with Gasteiger partial charge in [0.15, 0.2) is 0 Å². The number of amides is 2. The standard InChI is InChI=1S/C19H18N2O3S.ClH/c1-2-13-3-6-15(20-12-13)9-10-24-16-7-4-14(5-8-16)11-17-18(22)21-19(23)25-17;/h3-8,11-12H,2,9-10H2,1H3,(H,21,22,23);1H/b17-11-;. The molecule has 26 heavy (non-hydrogen) atoms. The highest BCUT2D eigenvalue weighted by Crippen LogP contribution is 2.26. The molecule has 1 aliphatic rings. The van der Waals surface area contributed by atoms with Gasteiger partial charge < -0.3 is 4.74 Å². The van der Waals surface area contributed by atoms with Crippen LogP contribution in [0.2, 0.25) is 0 Å². The van der Waals surface area contributed by atoms with Crippen LogP contribution in [0, 0.1) is 0 Å². The second-order valence-corrected chi connectivity index (χ2v) is 6.55. The number of halogens is 1. The smallest absolute Gasteiger partial charge is 0.290 e. The van der Waals surface area contributed by atoms with Crippen molar-refractivity contribution in [2.24, 2.45) is 0 Å². The third kappa shape index (κ3) is 5.34. The normalized spacial score (nSPS) is 14.9. The zero-order valence-corrected chi connectivity index (χ0v) is 15.9. The lowest BCUT2D eigenvalue weighted by Gasteiger charge is -2.07. The van der Waals surface area contributed by atoms with E-state index in [1.807, 2.05) is 36.5 Å². The maximum absolute atomic E-state index is 11.5. The minimum absolute atomic E-state index is 0. The van der Waals surface area contributed by atoms with Gasteiger partial charge in [0.1, 0.15) is 5.75 Å². The van der Waals surface area contributed by atoms with Gasteiger partial charge in [-0.3, -0.25) is 19.9 Å². The highest BCUT2D eigenvalue weighted by atomic mass is 35.5. The SMILES string of the molecule is CCc1ccc(CCOc2ccc(/C=C3\SC(=O)NC3=O)cc2)nc1.Cl. The van der Waals surface area contributed by atoms with E-state index in [1.54, 1.807) is 6.08 Å². The number of aryl methyl sites for hydroxylation is 1. The van der Waals surface area contributed by atoms with E-state index in [1.165, 1.54) is 5.56 Å². The van der Waals surface area contributed by atoms with Gasteiger partial charge in [0.05, 0.1) is 11.5 Å². The molecule has 0 atom stereocenters. The number of ether oxygens (including phenoxy) is 1. The van der Waals surface area contributed by atoms with Crippen LogP contribution >= 0.6 is 24.2 Å². The zero-order chi connectivity index (χ0) is 17.6. The summed E-state index contributed by atoms with van der Waals surface area (Å²) < 4.78 is 5.73. The number of hydrogen-bond donors (Lipinski definition) is 1. The highest BCUT2D eigenvalue weighted by molar-refractivity contribution is 8.18. The first kappa shape index (κ1) is 20.0. The van der Waals surface area contributed by atoms with Crippen LogP contribution in [0.5, 0.6) is 5.75 Å². The fraction of sp³-hybridized carbons (Fsp3) is 0.211. The van der Waals surface area contributed by atoms with Crippen LogP contribution < -0.4 is 10.1 Å². The number of thioether (sulfide) groups is 1. The third-order valence-electron chi connectivity index (χ3n) is 3.74. The van der Waals surface area contributed by atoms with Crippen LogP contribution in [0.3, 0.4) is 0 Å². The van der Waals surface area contributed by atoms with Crippen molar-refractivity contribution >= 4 is 41.4 Å². The highest BCUT2D eigenvalue weighted by Gasteiger charge is 2.24. The molecule has 1 fully saturated rings. The molecule has 0 unspecified atom stereocenters. The number of carbonyl (C=O) groups is 2. The number of nitrogens with one attached hydrogen (secondary N) is 1.